The van der Waals surface area contributed by atoms with Gasteiger partial charge in [-0.25, -0.2) is 0 Å². The molecule has 0 spiro atoms. The second-order valence-corrected chi connectivity index (χ2v) is 11.5. The molecule has 3 heterocycles. The Morgan fingerprint density at radius 2 is 1.78 bits per heavy atom. The minimum absolute atomic E-state index is 0.000590. The molecule has 0 aliphatic carbocycles. The van der Waals surface area contributed by atoms with Crippen molar-refractivity contribution in [1.29, 1.82) is 0 Å². The Morgan fingerprint density at radius 3 is 2.54 bits per heavy atom. The number of aromatic nitrogens is 2. The highest BCUT2D eigenvalue weighted by Crippen LogP contribution is 2.44. The predicted octanol–water partition coefficient (Wildman–Crippen LogP) is 7.65. The van der Waals surface area contributed by atoms with Crippen LogP contribution in [0.1, 0.15) is 27.7 Å². The van der Waals surface area contributed by atoms with Crippen molar-refractivity contribution in [3.8, 4) is 11.5 Å². The summed E-state index contributed by atoms with van der Waals surface area (Å²) in [7, 11) is 0. The number of aliphatic hydroxyl groups is 1. The van der Waals surface area contributed by atoms with Crippen LogP contribution in [0, 0.1) is 0 Å². The minimum Gasteiger partial charge on any atom is -0.503 e. The lowest BCUT2D eigenvalue weighted by atomic mass is 9.95. The standard InChI is InChI=1S/C30H20ClN3O5S2/c31-20-13-11-18(12-14-20)17-40-30-33-32-29(41-30)34-25(24(27(36)28(34)37)26(35)23-10-5-15-38-23)19-6-4-9-22(16-19)39-21-7-2-1-3-8-21/h1-16,25,36H,17H2. The lowest BCUT2D eigenvalue weighted by Crippen LogP contribution is -2.31. The summed E-state index contributed by atoms with van der Waals surface area (Å²) in [4.78, 5) is 28.3. The van der Waals surface area contributed by atoms with Gasteiger partial charge in [0.1, 0.15) is 11.5 Å². The van der Waals surface area contributed by atoms with Gasteiger partial charge in [0.2, 0.25) is 10.9 Å². The van der Waals surface area contributed by atoms with Gasteiger partial charge < -0.3 is 14.3 Å². The number of Topliss-reactive ketones (excluding diaryl/α,β-unsaturated/α-hetero) is 1. The number of carbonyl (C=O) groups excluding carboxylic acids is 2. The first-order valence-electron chi connectivity index (χ1n) is 12.4. The Bertz CT molecular complexity index is 1740. The summed E-state index contributed by atoms with van der Waals surface area (Å²) in [6.07, 6.45) is 1.36. The summed E-state index contributed by atoms with van der Waals surface area (Å²) < 4.78 is 11.9. The van der Waals surface area contributed by atoms with Crippen molar-refractivity contribution in [3.63, 3.8) is 0 Å². The number of hydrogen-bond donors (Lipinski definition) is 1. The van der Waals surface area contributed by atoms with Gasteiger partial charge in [0.25, 0.3) is 5.91 Å². The lowest BCUT2D eigenvalue weighted by molar-refractivity contribution is -0.117. The molecular weight excluding hydrogens is 582 g/mol. The normalized spacial score (nSPS) is 15.0. The molecule has 5 aromatic rings. The molecule has 0 fully saturated rings. The van der Waals surface area contributed by atoms with E-state index in [0.29, 0.717) is 32.2 Å². The molecule has 0 bridgehead atoms. The van der Waals surface area contributed by atoms with E-state index in [4.69, 9.17) is 20.8 Å². The number of rotatable bonds is 9. The Balaban J connectivity index is 1.35. The predicted molar refractivity (Wildman–Crippen MR) is 157 cm³/mol. The molecule has 1 aliphatic heterocycles. The largest absolute Gasteiger partial charge is 0.503 e. The van der Waals surface area contributed by atoms with E-state index >= 15 is 0 Å². The topological polar surface area (TPSA) is 106 Å². The van der Waals surface area contributed by atoms with Crippen molar-refractivity contribution in [2.45, 2.75) is 16.1 Å². The lowest BCUT2D eigenvalue weighted by Gasteiger charge is -2.24. The molecule has 1 unspecified atom stereocenters. The molecule has 204 valence electrons. The van der Waals surface area contributed by atoms with Crippen LogP contribution < -0.4 is 9.64 Å². The molecule has 11 heteroatoms. The number of halogens is 1. The zero-order valence-corrected chi connectivity index (χ0v) is 23.5. The third-order valence-electron chi connectivity index (χ3n) is 6.23. The number of thioether (sulfide) groups is 1. The zero-order chi connectivity index (χ0) is 28.3. The molecular formula is C30H20ClN3O5S2. The van der Waals surface area contributed by atoms with Gasteiger partial charge in [-0.2, -0.15) is 0 Å². The minimum atomic E-state index is -0.999. The van der Waals surface area contributed by atoms with Gasteiger partial charge in [-0.15, -0.1) is 10.2 Å². The van der Waals surface area contributed by atoms with E-state index in [2.05, 4.69) is 10.2 Å². The van der Waals surface area contributed by atoms with Crippen LogP contribution in [-0.2, 0) is 10.5 Å². The van der Waals surface area contributed by atoms with Crippen LogP contribution in [0.4, 0.5) is 5.13 Å². The van der Waals surface area contributed by atoms with E-state index in [1.165, 1.54) is 40.3 Å². The Labute approximate surface area is 247 Å². The maximum Gasteiger partial charge on any atom is 0.296 e. The van der Waals surface area contributed by atoms with E-state index in [1.54, 1.807) is 30.3 Å². The molecule has 1 aliphatic rings. The van der Waals surface area contributed by atoms with E-state index in [0.717, 1.165) is 5.56 Å². The van der Waals surface area contributed by atoms with Crippen LogP contribution in [0.25, 0.3) is 0 Å². The molecule has 0 saturated carbocycles. The third-order valence-corrected chi connectivity index (χ3v) is 8.61. The fourth-order valence-electron chi connectivity index (χ4n) is 4.35. The second-order valence-electron chi connectivity index (χ2n) is 8.90. The van der Waals surface area contributed by atoms with Crippen molar-refractivity contribution in [3.05, 3.63) is 131 Å². The number of para-hydroxylation sites is 1. The maximum atomic E-state index is 13.5. The van der Waals surface area contributed by atoms with Crippen molar-refractivity contribution in [2.75, 3.05) is 4.90 Å². The third kappa shape index (κ3) is 5.62. The molecule has 6 rings (SSSR count). The molecule has 8 nitrogen and oxygen atoms in total. The Morgan fingerprint density at radius 1 is 1.00 bits per heavy atom. The summed E-state index contributed by atoms with van der Waals surface area (Å²) in [5.74, 6) is -0.298. The van der Waals surface area contributed by atoms with Gasteiger partial charge in [0.05, 0.1) is 17.9 Å². The molecule has 0 radical (unpaired) electrons. The molecule has 1 N–H and O–H groups in total. The number of nitrogens with zero attached hydrogens (tertiary/aromatic N) is 3. The van der Waals surface area contributed by atoms with Crippen molar-refractivity contribution in [2.24, 2.45) is 0 Å². The highest BCUT2D eigenvalue weighted by Gasteiger charge is 2.46. The Kier molecular flexibility index (Phi) is 7.60. The number of anilines is 1. The SMILES string of the molecule is O=C(C1=C(O)C(=O)N(c2nnc(SCc3ccc(Cl)cc3)s2)C1c1cccc(Oc2ccccc2)c1)c1ccco1. The van der Waals surface area contributed by atoms with Crippen LogP contribution in [0.2, 0.25) is 5.02 Å². The average Bonchev–Trinajstić information content (AvgIpc) is 3.74. The molecule has 0 saturated heterocycles. The number of ketones is 1. The fourth-order valence-corrected chi connectivity index (χ4v) is 6.30. The average molecular weight is 602 g/mol. The fraction of sp³-hybridized carbons (Fsp3) is 0.0667. The number of ether oxygens (including phenoxy) is 1. The summed E-state index contributed by atoms with van der Waals surface area (Å²) in [6, 6.07) is 25.8. The summed E-state index contributed by atoms with van der Waals surface area (Å²) in [5, 5.41) is 20.4. The van der Waals surface area contributed by atoms with Gasteiger partial charge >= 0.3 is 0 Å². The first kappa shape index (κ1) is 26.8. The van der Waals surface area contributed by atoms with Crippen LogP contribution in [-0.4, -0.2) is 27.0 Å². The van der Waals surface area contributed by atoms with E-state index in [1.807, 2.05) is 54.6 Å². The maximum absolute atomic E-state index is 13.5. The second kappa shape index (κ2) is 11.6. The Hall–Kier alpha value is -4.38. The quantitative estimate of drug-likeness (QED) is 0.104. The number of aliphatic hydroxyl groups excluding tert-OH is 1. The van der Waals surface area contributed by atoms with Crippen molar-refractivity contribution < 1.29 is 23.8 Å². The van der Waals surface area contributed by atoms with Gasteiger partial charge in [0.15, 0.2) is 15.9 Å². The number of hydrogen-bond acceptors (Lipinski definition) is 9. The molecule has 41 heavy (non-hydrogen) atoms. The number of carbonyl (C=O) groups is 2. The summed E-state index contributed by atoms with van der Waals surface area (Å²) in [5.41, 5.74) is 1.47. The molecule has 1 atom stereocenters. The number of furan rings is 1. The van der Waals surface area contributed by atoms with Crippen LogP contribution >= 0.6 is 34.7 Å². The van der Waals surface area contributed by atoms with E-state index in [9.17, 15) is 14.7 Å². The smallest absolute Gasteiger partial charge is 0.296 e. The zero-order valence-electron chi connectivity index (χ0n) is 21.1. The van der Waals surface area contributed by atoms with Crippen LogP contribution in [0.15, 0.2) is 117 Å². The van der Waals surface area contributed by atoms with Gasteiger partial charge in [-0.3, -0.25) is 14.5 Å². The van der Waals surface area contributed by atoms with Gasteiger partial charge in [-0.05, 0) is 59.7 Å². The first-order valence-corrected chi connectivity index (χ1v) is 14.5. The van der Waals surface area contributed by atoms with Crippen LogP contribution in [0.5, 0.6) is 11.5 Å². The number of amides is 1. The van der Waals surface area contributed by atoms with E-state index < -0.39 is 23.5 Å². The highest BCUT2D eigenvalue weighted by atomic mass is 35.5. The van der Waals surface area contributed by atoms with Crippen LogP contribution in [0.3, 0.4) is 0 Å². The van der Waals surface area contributed by atoms with Gasteiger partial charge in [0, 0.05) is 10.8 Å². The molecule has 2 aromatic heterocycles. The van der Waals surface area contributed by atoms with Crippen molar-refractivity contribution >= 4 is 51.5 Å². The first-order chi connectivity index (χ1) is 20.0. The monoisotopic (exact) mass is 601 g/mol. The highest BCUT2D eigenvalue weighted by molar-refractivity contribution is 8.00. The van der Waals surface area contributed by atoms with Crippen molar-refractivity contribution in [1.82, 2.24) is 10.2 Å². The number of benzene rings is 3. The molecule has 3 aromatic carbocycles. The summed E-state index contributed by atoms with van der Waals surface area (Å²) in [6.45, 7) is 0. The molecule has 1 amide bonds. The summed E-state index contributed by atoms with van der Waals surface area (Å²) >= 11 is 8.63. The van der Waals surface area contributed by atoms with E-state index in [-0.39, 0.29) is 16.5 Å². The van der Waals surface area contributed by atoms with Gasteiger partial charge in [-0.1, -0.05) is 77.2 Å².